The van der Waals surface area contributed by atoms with Gasteiger partial charge < -0.3 is 10.5 Å². The van der Waals surface area contributed by atoms with Crippen LogP contribution < -0.4 is 10.5 Å². The molecule has 1 atom stereocenters. The van der Waals surface area contributed by atoms with Gasteiger partial charge in [0.1, 0.15) is 12.1 Å². The van der Waals surface area contributed by atoms with E-state index in [1.165, 1.54) is 6.33 Å². The number of ether oxygens (including phenoxy) is 1. The number of primary amides is 1. The van der Waals surface area contributed by atoms with Crippen LogP contribution in [-0.4, -0.2) is 41.0 Å². The Morgan fingerprint density at radius 3 is 2.55 bits per heavy atom. The fourth-order valence-electron chi connectivity index (χ4n) is 4.63. The Morgan fingerprint density at radius 1 is 1.10 bits per heavy atom. The summed E-state index contributed by atoms with van der Waals surface area (Å²) in [5.41, 5.74) is 9.62. The topological polar surface area (TPSA) is 81.3 Å². The van der Waals surface area contributed by atoms with Gasteiger partial charge in [-0.2, -0.15) is 0 Å². The monoisotopic (exact) mass is 416 g/mol. The second-order valence-electron chi connectivity index (χ2n) is 8.23. The molecule has 160 valence electrons. The van der Waals surface area contributed by atoms with E-state index in [4.69, 9.17) is 10.5 Å². The van der Waals surface area contributed by atoms with E-state index in [9.17, 15) is 4.79 Å². The molecule has 0 saturated carbocycles. The number of hydrogen-bond donors (Lipinski definition) is 1. The molecule has 2 heterocycles. The molecular formula is C25H28N4O2. The van der Waals surface area contributed by atoms with Gasteiger partial charge in [-0.3, -0.25) is 9.69 Å². The molecule has 1 saturated heterocycles. The number of aromatic nitrogens is 2. The Morgan fingerprint density at radius 2 is 1.81 bits per heavy atom. The molecule has 0 spiro atoms. The molecule has 6 heteroatoms. The van der Waals surface area contributed by atoms with Crippen LogP contribution in [0.1, 0.15) is 24.0 Å². The van der Waals surface area contributed by atoms with E-state index in [0.29, 0.717) is 13.0 Å². The third kappa shape index (κ3) is 4.59. The van der Waals surface area contributed by atoms with Crippen molar-refractivity contribution < 1.29 is 9.53 Å². The number of likely N-dealkylation sites (tertiary alicyclic amines) is 1. The summed E-state index contributed by atoms with van der Waals surface area (Å²) in [5, 5.41) is 0. The number of methoxy groups -OCH3 is 1. The van der Waals surface area contributed by atoms with Gasteiger partial charge in [0.15, 0.2) is 0 Å². The van der Waals surface area contributed by atoms with E-state index in [1.807, 2.05) is 30.3 Å². The summed E-state index contributed by atoms with van der Waals surface area (Å²) in [6, 6.07) is 16.2. The molecule has 0 bridgehead atoms. The van der Waals surface area contributed by atoms with Gasteiger partial charge in [0.2, 0.25) is 5.91 Å². The van der Waals surface area contributed by atoms with Crippen molar-refractivity contribution in [3.63, 3.8) is 0 Å². The normalized spacial score (nSPS) is 19.1. The first kappa shape index (κ1) is 21.0. The molecule has 4 rings (SSSR count). The highest BCUT2D eigenvalue weighted by Gasteiger charge is 2.41. The minimum atomic E-state index is -0.619. The van der Waals surface area contributed by atoms with E-state index in [-0.39, 0.29) is 5.91 Å². The second kappa shape index (κ2) is 9.27. The summed E-state index contributed by atoms with van der Waals surface area (Å²) < 4.78 is 5.52. The number of carbonyl (C=O) groups excluding carboxylic acids is 1. The van der Waals surface area contributed by atoms with Crippen LogP contribution in [0, 0.1) is 5.41 Å². The van der Waals surface area contributed by atoms with E-state index in [0.717, 1.165) is 53.9 Å². The Kier molecular flexibility index (Phi) is 6.28. The molecular weight excluding hydrogens is 388 g/mol. The highest BCUT2D eigenvalue weighted by molar-refractivity contribution is 5.82. The van der Waals surface area contributed by atoms with Crippen molar-refractivity contribution in [2.24, 2.45) is 11.1 Å². The number of nitrogens with two attached hydrogens (primary N) is 1. The van der Waals surface area contributed by atoms with Crippen molar-refractivity contribution in [3.8, 4) is 16.9 Å². The maximum absolute atomic E-state index is 12.8. The smallest absolute Gasteiger partial charge is 0.225 e. The largest absolute Gasteiger partial charge is 0.496 e. The number of piperidine rings is 1. The average Bonchev–Trinajstić information content (AvgIpc) is 2.80. The van der Waals surface area contributed by atoms with Gasteiger partial charge in [-0.1, -0.05) is 42.5 Å². The van der Waals surface area contributed by atoms with Gasteiger partial charge in [-0.25, -0.2) is 9.97 Å². The summed E-state index contributed by atoms with van der Waals surface area (Å²) >= 11 is 0. The molecule has 6 nitrogen and oxygen atoms in total. The first-order valence-corrected chi connectivity index (χ1v) is 10.6. The Hall–Kier alpha value is -3.25. The van der Waals surface area contributed by atoms with Gasteiger partial charge >= 0.3 is 0 Å². The van der Waals surface area contributed by atoms with E-state index < -0.39 is 5.41 Å². The molecule has 0 radical (unpaired) electrons. The van der Waals surface area contributed by atoms with Crippen molar-refractivity contribution in [1.82, 2.24) is 14.9 Å². The van der Waals surface area contributed by atoms with Crippen LogP contribution in [0.15, 0.2) is 67.3 Å². The molecule has 1 amide bonds. The number of para-hydroxylation sites is 1. The van der Waals surface area contributed by atoms with Crippen LogP contribution in [-0.2, 0) is 17.8 Å². The van der Waals surface area contributed by atoms with Gasteiger partial charge in [0.25, 0.3) is 0 Å². The second-order valence-corrected chi connectivity index (χ2v) is 8.23. The number of carbonyl (C=O) groups is 1. The Balaban J connectivity index is 1.61. The molecule has 31 heavy (non-hydrogen) atoms. The van der Waals surface area contributed by atoms with Crippen LogP contribution in [0.2, 0.25) is 0 Å². The number of rotatable bonds is 7. The van der Waals surface area contributed by atoms with Crippen LogP contribution in [0.4, 0.5) is 0 Å². The van der Waals surface area contributed by atoms with Gasteiger partial charge in [-0.05, 0) is 43.0 Å². The fraction of sp³-hybridized carbons (Fsp3) is 0.320. The number of nitrogens with zero attached hydrogens (tertiary/aromatic N) is 3. The molecule has 1 aromatic heterocycles. The van der Waals surface area contributed by atoms with Crippen molar-refractivity contribution in [2.75, 3.05) is 20.2 Å². The highest BCUT2D eigenvalue weighted by atomic mass is 16.5. The number of amides is 1. The predicted octanol–water partition coefficient (Wildman–Crippen LogP) is 3.46. The maximum atomic E-state index is 12.8. The minimum Gasteiger partial charge on any atom is -0.496 e. The lowest BCUT2D eigenvalue weighted by Crippen LogP contribution is -2.51. The molecule has 0 aliphatic carbocycles. The lowest BCUT2D eigenvalue weighted by Gasteiger charge is -2.41. The molecule has 2 aromatic carbocycles. The highest BCUT2D eigenvalue weighted by Crippen LogP contribution is 2.37. The zero-order valence-corrected chi connectivity index (χ0v) is 17.8. The van der Waals surface area contributed by atoms with Gasteiger partial charge in [-0.15, -0.1) is 0 Å². The average molecular weight is 417 g/mol. The zero-order chi connectivity index (χ0) is 21.7. The van der Waals surface area contributed by atoms with Crippen LogP contribution in [0.25, 0.3) is 11.1 Å². The van der Waals surface area contributed by atoms with Gasteiger partial charge in [0.05, 0.1) is 12.5 Å². The summed E-state index contributed by atoms with van der Waals surface area (Å²) in [7, 11) is 1.69. The Bertz CT molecular complexity index is 1040. The SMILES string of the molecule is COc1ccccc1CN1CCC[C@@](Cc2ccccc2-c2cncnc2)(C(N)=O)C1. The van der Waals surface area contributed by atoms with Crippen molar-refractivity contribution >= 4 is 5.91 Å². The summed E-state index contributed by atoms with van der Waals surface area (Å²) in [5.74, 6) is 0.628. The number of benzene rings is 2. The zero-order valence-electron chi connectivity index (χ0n) is 17.8. The first-order chi connectivity index (χ1) is 15.1. The van der Waals surface area contributed by atoms with Crippen molar-refractivity contribution in [2.45, 2.75) is 25.8 Å². The fourth-order valence-corrected chi connectivity index (χ4v) is 4.63. The lowest BCUT2D eigenvalue weighted by atomic mass is 9.73. The van der Waals surface area contributed by atoms with Crippen LogP contribution in [0.5, 0.6) is 5.75 Å². The quantitative estimate of drug-likeness (QED) is 0.638. The third-order valence-corrected chi connectivity index (χ3v) is 6.18. The number of hydrogen-bond acceptors (Lipinski definition) is 5. The van der Waals surface area contributed by atoms with Crippen LogP contribution >= 0.6 is 0 Å². The standard InChI is InChI=1S/C25H28N4O2/c1-31-23-10-5-3-8-20(23)16-29-12-6-11-25(17-29,24(26)30)13-19-7-2-4-9-22(19)21-14-27-18-28-15-21/h2-5,7-10,14-15,18H,6,11-13,16-17H2,1H3,(H2,26,30)/t25-/m0/s1. The predicted molar refractivity (Wildman–Crippen MR) is 120 cm³/mol. The summed E-state index contributed by atoms with van der Waals surface area (Å²) in [4.78, 5) is 23.4. The molecule has 0 unspecified atom stereocenters. The summed E-state index contributed by atoms with van der Waals surface area (Å²) in [6.07, 6.45) is 7.43. The molecule has 1 fully saturated rings. The molecule has 1 aliphatic heterocycles. The lowest BCUT2D eigenvalue weighted by molar-refractivity contribution is -0.131. The van der Waals surface area contributed by atoms with E-state index >= 15 is 0 Å². The van der Waals surface area contributed by atoms with E-state index in [2.05, 4.69) is 33.1 Å². The maximum Gasteiger partial charge on any atom is 0.225 e. The van der Waals surface area contributed by atoms with Crippen molar-refractivity contribution in [3.05, 3.63) is 78.4 Å². The van der Waals surface area contributed by atoms with E-state index in [1.54, 1.807) is 19.5 Å². The molecule has 3 aromatic rings. The minimum absolute atomic E-state index is 0.239. The molecule has 1 aliphatic rings. The van der Waals surface area contributed by atoms with Crippen molar-refractivity contribution in [1.29, 1.82) is 0 Å². The molecule has 2 N–H and O–H groups in total. The Labute approximate surface area is 183 Å². The van der Waals surface area contributed by atoms with Gasteiger partial charge in [0, 0.05) is 36.6 Å². The summed E-state index contributed by atoms with van der Waals surface area (Å²) in [6.45, 7) is 2.29. The first-order valence-electron chi connectivity index (χ1n) is 10.6. The third-order valence-electron chi connectivity index (χ3n) is 6.18. The van der Waals surface area contributed by atoms with Crippen LogP contribution in [0.3, 0.4) is 0 Å².